The molecule has 1 fully saturated rings. The normalized spacial score (nSPS) is 18.0. The van der Waals surface area contributed by atoms with E-state index in [4.69, 9.17) is 14.2 Å². The maximum atomic E-state index is 12.6. The average molecular weight is 383 g/mol. The Morgan fingerprint density at radius 2 is 2.00 bits per heavy atom. The van der Waals surface area contributed by atoms with Crippen molar-refractivity contribution in [2.24, 2.45) is 0 Å². The van der Waals surface area contributed by atoms with Crippen molar-refractivity contribution in [1.82, 2.24) is 4.90 Å². The summed E-state index contributed by atoms with van der Waals surface area (Å²) in [6.45, 7) is 1.38. The molecule has 0 radical (unpaired) electrons. The number of ether oxygens (including phenoxy) is 3. The largest absolute Gasteiger partial charge is 0.484 e. The minimum atomic E-state index is -0.942. The monoisotopic (exact) mass is 383 g/mol. The Morgan fingerprint density at radius 1 is 1.14 bits per heavy atom. The molecule has 1 saturated heterocycles. The highest BCUT2D eigenvalue weighted by molar-refractivity contribution is 5.87. The Hall–Kier alpha value is -3.22. The van der Waals surface area contributed by atoms with Gasteiger partial charge in [-0.25, -0.2) is 4.79 Å². The average Bonchev–Trinajstić information content (AvgIpc) is 3.20. The highest BCUT2D eigenvalue weighted by Crippen LogP contribution is 2.35. The zero-order chi connectivity index (χ0) is 19.5. The smallest absolute Gasteiger partial charge is 0.335 e. The van der Waals surface area contributed by atoms with Crippen LogP contribution in [-0.2, 0) is 4.79 Å². The van der Waals surface area contributed by atoms with Crippen LogP contribution in [0.25, 0.3) is 0 Å². The summed E-state index contributed by atoms with van der Waals surface area (Å²) in [6.07, 6.45) is 1.80. The van der Waals surface area contributed by atoms with E-state index in [0.29, 0.717) is 30.3 Å². The minimum Gasteiger partial charge on any atom is -0.484 e. The fourth-order valence-corrected chi connectivity index (χ4v) is 3.60. The van der Waals surface area contributed by atoms with Crippen molar-refractivity contribution in [3.63, 3.8) is 0 Å². The summed E-state index contributed by atoms with van der Waals surface area (Å²) in [7, 11) is 0. The van der Waals surface area contributed by atoms with Crippen LogP contribution in [0.4, 0.5) is 0 Å². The van der Waals surface area contributed by atoms with Crippen LogP contribution in [0.2, 0.25) is 0 Å². The Kier molecular flexibility index (Phi) is 5.06. The van der Waals surface area contributed by atoms with E-state index < -0.39 is 5.97 Å². The number of amides is 1. The van der Waals surface area contributed by atoms with Gasteiger partial charge in [0.1, 0.15) is 5.75 Å². The molecule has 7 nitrogen and oxygen atoms in total. The lowest BCUT2D eigenvalue weighted by molar-refractivity contribution is -0.134. The number of hydrogen-bond donors (Lipinski definition) is 1. The van der Waals surface area contributed by atoms with Crippen LogP contribution >= 0.6 is 0 Å². The fraction of sp³-hybridized carbons (Fsp3) is 0.333. The molecule has 2 aliphatic rings. The standard InChI is InChI=1S/C21H21NO6/c23-20(12-26-17-6-7-18-19(10-17)28-13-27-18)22-8-2-5-16(11-22)14-3-1-4-15(9-14)21(24)25/h1,3-4,6-7,9-10,16H,2,5,8,11-13H2,(H,24,25)/t16-/m0/s1. The topological polar surface area (TPSA) is 85.3 Å². The lowest BCUT2D eigenvalue weighted by atomic mass is 9.89. The van der Waals surface area contributed by atoms with Crippen molar-refractivity contribution < 1.29 is 28.9 Å². The number of carboxylic acid groups (broad SMARTS) is 1. The predicted octanol–water partition coefficient (Wildman–Crippen LogP) is 2.90. The molecule has 0 saturated carbocycles. The zero-order valence-electron chi connectivity index (χ0n) is 15.3. The second kappa shape index (κ2) is 7.80. The van der Waals surface area contributed by atoms with Gasteiger partial charge in [0.25, 0.3) is 5.91 Å². The van der Waals surface area contributed by atoms with Crippen LogP contribution < -0.4 is 14.2 Å². The number of carbonyl (C=O) groups excluding carboxylic acids is 1. The summed E-state index contributed by atoms with van der Waals surface area (Å²) in [5.41, 5.74) is 1.22. The van der Waals surface area contributed by atoms with Gasteiger partial charge in [-0.2, -0.15) is 0 Å². The number of nitrogens with zero attached hydrogens (tertiary/aromatic N) is 1. The molecule has 0 spiro atoms. The van der Waals surface area contributed by atoms with Crippen LogP contribution in [0, 0.1) is 0 Å². The van der Waals surface area contributed by atoms with E-state index in [1.807, 2.05) is 6.07 Å². The highest BCUT2D eigenvalue weighted by Gasteiger charge is 2.25. The number of fused-ring (bicyclic) bond motifs is 1. The number of carbonyl (C=O) groups is 2. The van der Waals surface area contributed by atoms with Crippen molar-refractivity contribution in [3.8, 4) is 17.2 Å². The third-order valence-electron chi connectivity index (χ3n) is 5.09. The second-order valence-corrected chi connectivity index (χ2v) is 6.91. The first kappa shape index (κ1) is 18.2. The van der Waals surface area contributed by atoms with Gasteiger partial charge in [-0.15, -0.1) is 0 Å². The molecule has 28 heavy (non-hydrogen) atoms. The van der Waals surface area contributed by atoms with Gasteiger partial charge in [0.05, 0.1) is 5.56 Å². The van der Waals surface area contributed by atoms with Crippen molar-refractivity contribution in [3.05, 3.63) is 53.6 Å². The van der Waals surface area contributed by atoms with Crippen LogP contribution in [0.3, 0.4) is 0 Å². The Bertz CT molecular complexity index is 896. The first-order valence-corrected chi connectivity index (χ1v) is 9.23. The van der Waals surface area contributed by atoms with E-state index in [2.05, 4.69) is 0 Å². The van der Waals surface area contributed by atoms with Crippen molar-refractivity contribution in [2.45, 2.75) is 18.8 Å². The van der Waals surface area contributed by atoms with Gasteiger partial charge in [0.15, 0.2) is 18.1 Å². The van der Waals surface area contributed by atoms with E-state index in [-0.39, 0.29) is 30.8 Å². The number of hydrogen-bond acceptors (Lipinski definition) is 5. The minimum absolute atomic E-state index is 0.0540. The molecule has 2 heterocycles. The summed E-state index contributed by atoms with van der Waals surface area (Å²) in [4.78, 5) is 25.6. The Morgan fingerprint density at radius 3 is 2.86 bits per heavy atom. The molecule has 1 N–H and O–H groups in total. The van der Waals surface area contributed by atoms with Gasteiger partial charge < -0.3 is 24.2 Å². The summed E-state index contributed by atoms with van der Waals surface area (Å²) >= 11 is 0. The fourth-order valence-electron chi connectivity index (χ4n) is 3.60. The van der Waals surface area contributed by atoms with Gasteiger partial charge in [0.2, 0.25) is 6.79 Å². The molecule has 0 aliphatic carbocycles. The van der Waals surface area contributed by atoms with Crippen LogP contribution in [0.15, 0.2) is 42.5 Å². The summed E-state index contributed by atoms with van der Waals surface area (Å²) < 4.78 is 16.2. The molecule has 0 unspecified atom stereocenters. The van der Waals surface area contributed by atoms with Crippen LogP contribution in [0.5, 0.6) is 17.2 Å². The Labute approximate surface area is 162 Å². The Balaban J connectivity index is 1.37. The lowest BCUT2D eigenvalue weighted by Crippen LogP contribution is -2.41. The first-order chi connectivity index (χ1) is 13.6. The number of benzene rings is 2. The molecule has 2 aromatic rings. The van der Waals surface area contributed by atoms with Gasteiger partial charge >= 0.3 is 5.97 Å². The van der Waals surface area contributed by atoms with Gasteiger partial charge in [-0.05, 0) is 42.7 Å². The molecule has 146 valence electrons. The molecular formula is C21H21NO6. The molecular weight excluding hydrogens is 362 g/mol. The molecule has 1 atom stereocenters. The predicted molar refractivity (Wildman–Crippen MR) is 100 cm³/mol. The number of aromatic carboxylic acids is 1. The van der Waals surface area contributed by atoms with E-state index in [1.165, 1.54) is 0 Å². The number of carboxylic acids is 1. The number of rotatable bonds is 5. The molecule has 7 heteroatoms. The van der Waals surface area contributed by atoms with E-state index >= 15 is 0 Å². The molecule has 1 amide bonds. The van der Waals surface area contributed by atoms with E-state index in [0.717, 1.165) is 18.4 Å². The van der Waals surface area contributed by atoms with Crippen molar-refractivity contribution in [1.29, 1.82) is 0 Å². The first-order valence-electron chi connectivity index (χ1n) is 9.23. The van der Waals surface area contributed by atoms with Crippen LogP contribution in [-0.4, -0.2) is 48.4 Å². The van der Waals surface area contributed by atoms with Crippen LogP contribution in [0.1, 0.15) is 34.7 Å². The molecule has 0 bridgehead atoms. The van der Waals surface area contributed by atoms with Crippen molar-refractivity contribution >= 4 is 11.9 Å². The molecule has 2 aliphatic heterocycles. The van der Waals surface area contributed by atoms with E-state index in [9.17, 15) is 14.7 Å². The van der Waals surface area contributed by atoms with Crippen molar-refractivity contribution in [2.75, 3.05) is 26.5 Å². The molecule has 0 aromatic heterocycles. The third-order valence-corrected chi connectivity index (χ3v) is 5.09. The summed E-state index contributed by atoms with van der Waals surface area (Å²) in [5.74, 6) is 0.935. The third kappa shape index (κ3) is 3.88. The summed E-state index contributed by atoms with van der Waals surface area (Å²) in [5, 5.41) is 9.19. The second-order valence-electron chi connectivity index (χ2n) is 6.91. The number of likely N-dealkylation sites (tertiary alicyclic amines) is 1. The van der Waals surface area contributed by atoms with Gasteiger partial charge in [-0.1, -0.05) is 12.1 Å². The maximum absolute atomic E-state index is 12.6. The quantitative estimate of drug-likeness (QED) is 0.855. The molecule has 4 rings (SSSR count). The number of piperidine rings is 1. The van der Waals surface area contributed by atoms with E-state index in [1.54, 1.807) is 41.3 Å². The van der Waals surface area contributed by atoms with Gasteiger partial charge in [0, 0.05) is 25.1 Å². The SMILES string of the molecule is O=C(O)c1cccc([C@H]2CCCN(C(=O)COc3ccc4c(c3)OCO4)C2)c1. The summed E-state index contributed by atoms with van der Waals surface area (Å²) in [6, 6.07) is 12.2. The molecule has 2 aromatic carbocycles. The maximum Gasteiger partial charge on any atom is 0.335 e. The highest BCUT2D eigenvalue weighted by atomic mass is 16.7. The zero-order valence-corrected chi connectivity index (χ0v) is 15.3. The lowest BCUT2D eigenvalue weighted by Gasteiger charge is -2.33. The van der Waals surface area contributed by atoms with Gasteiger partial charge in [-0.3, -0.25) is 4.79 Å².